The van der Waals surface area contributed by atoms with Gasteiger partial charge in [-0.05, 0) is 19.1 Å². The Hall–Kier alpha value is -0.590. The van der Waals surface area contributed by atoms with Gasteiger partial charge >= 0.3 is 0 Å². The SMILES string of the molecule is C=NC(=C)[C@H](C)CC. The summed E-state index contributed by atoms with van der Waals surface area (Å²) in [4.78, 5) is 3.71. The molecule has 0 fully saturated rings. The summed E-state index contributed by atoms with van der Waals surface area (Å²) in [6, 6.07) is 0. The molecule has 0 spiro atoms. The van der Waals surface area contributed by atoms with Gasteiger partial charge in [0.2, 0.25) is 0 Å². The van der Waals surface area contributed by atoms with E-state index in [1.165, 1.54) is 0 Å². The highest BCUT2D eigenvalue weighted by Crippen LogP contribution is 2.11. The minimum Gasteiger partial charge on any atom is -0.269 e. The maximum Gasteiger partial charge on any atom is 0.0352 e. The highest BCUT2D eigenvalue weighted by atomic mass is 14.7. The molecule has 0 saturated heterocycles. The predicted octanol–water partition coefficient (Wildman–Crippen LogP) is 2.25. The molecule has 46 valence electrons. The summed E-state index contributed by atoms with van der Waals surface area (Å²) in [7, 11) is 0. The Labute approximate surface area is 51.1 Å². The van der Waals surface area contributed by atoms with Crippen LogP contribution in [0, 0.1) is 5.92 Å². The van der Waals surface area contributed by atoms with Gasteiger partial charge in [0.1, 0.15) is 0 Å². The smallest absolute Gasteiger partial charge is 0.0352 e. The molecule has 0 bridgehead atoms. The molecule has 0 heterocycles. The van der Waals surface area contributed by atoms with Crippen molar-refractivity contribution in [2.45, 2.75) is 20.3 Å². The topological polar surface area (TPSA) is 12.4 Å². The highest BCUT2D eigenvalue weighted by molar-refractivity contribution is 5.28. The quantitative estimate of drug-likeness (QED) is 0.495. The predicted molar refractivity (Wildman–Crippen MR) is 38.1 cm³/mol. The standard InChI is InChI=1S/C7H13N/c1-5-6(2)7(3)8-4/h6H,3-5H2,1-2H3/t6-/m1/s1. The first-order valence-corrected chi connectivity index (χ1v) is 2.87. The molecule has 0 N–H and O–H groups in total. The lowest BCUT2D eigenvalue weighted by atomic mass is 10.1. The van der Waals surface area contributed by atoms with Crippen molar-refractivity contribution in [2.24, 2.45) is 10.9 Å². The number of hydrogen-bond donors (Lipinski definition) is 0. The van der Waals surface area contributed by atoms with Crippen LogP contribution in [-0.2, 0) is 0 Å². The molecule has 1 nitrogen and oxygen atoms in total. The Morgan fingerprint density at radius 1 is 1.75 bits per heavy atom. The van der Waals surface area contributed by atoms with Crippen LogP contribution in [0.25, 0.3) is 0 Å². The monoisotopic (exact) mass is 111 g/mol. The third-order valence-electron chi connectivity index (χ3n) is 1.38. The Kier molecular flexibility index (Phi) is 3.16. The van der Waals surface area contributed by atoms with E-state index in [-0.39, 0.29) is 0 Å². The molecule has 0 saturated carbocycles. The lowest BCUT2D eigenvalue weighted by Gasteiger charge is -2.04. The molecule has 0 aromatic carbocycles. The fourth-order valence-electron chi connectivity index (χ4n) is 0.391. The summed E-state index contributed by atoms with van der Waals surface area (Å²) < 4.78 is 0. The van der Waals surface area contributed by atoms with E-state index in [0.29, 0.717) is 5.92 Å². The third-order valence-corrected chi connectivity index (χ3v) is 1.38. The van der Waals surface area contributed by atoms with E-state index in [1.807, 2.05) is 0 Å². The highest BCUT2D eigenvalue weighted by Gasteiger charge is 1.98. The van der Waals surface area contributed by atoms with Crippen molar-refractivity contribution in [1.29, 1.82) is 0 Å². The minimum atomic E-state index is 0.493. The van der Waals surface area contributed by atoms with E-state index >= 15 is 0 Å². The normalized spacial score (nSPS) is 12.8. The molecular weight excluding hydrogens is 98.1 g/mol. The Bertz CT molecular complexity index is 94.6. The lowest BCUT2D eigenvalue weighted by Crippen LogP contribution is -1.91. The molecule has 0 aliphatic rings. The van der Waals surface area contributed by atoms with Crippen LogP contribution in [0.1, 0.15) is 20.3 Å². The Morgan fingerprint density at radius 3 is 2.38 bits per heavy atom. The van der Waals surface area contributed by atoms with Crippen molar-refractivity contribution in [2.75, 3.05) is 0 Å². The molecule has 0 aliphatic heterocycles. The molecular formula is C7H13N. The van der Waals surface area contributed by atoms with Crippen LogP contribution >= 0.6 is 0 Å². The summed E-state index contributed by atoms with van der Waals surface area (Å²) in [5.74, 6) is 0.493. The largest absolute Gasteiger partial charge is 0.269 e. The van der Waals surface area contributed by atoms with Crippen molar-refractivity contribution >= 4 is 6.72 Å². The van der Waals surface area contributed by atoms with Crippen LogP contribution in [0.5, 0.6) is 0 Å². The second-order valence-electron chi connectivity index (χ2n) is 1.96. The van der Waals surface area contributed by atoms with Crippen LogP contribution in [0.4, 0.5) is 0 Å². The number of rotatable bonds is 3. The van der Waals surface area contributed by atoms with Gasteiger partial charge in [-0.2, -0.15) is 0 Å². The van der Waals surface area contributed by atoms with Crippen LogP contribution < -0.4 is 0 Å². The Morgan fingerprint density at radius 2 is 2.25 bits per heavy atom. The maximum atomic E-state index is 3.71. The zero-order chi connectivity index (χ0) is 6.57. The van der Waals surface area contributed by atoms with E-state index in [1.54, 1.807) is 0 Å². The number of hydrogen-bond acceptors (Lipinski definition) is 1. The van der Waals surface area contributed by atoms with Gasteiger partial charge in [0.25, 0.3) is 0 Å². The molecule has 0 aromatic rings. The van der Waals surface area contributed by atoms with E-state index < -0.39 is 0 Å². The van der Waals surface area contributed by atoms with Crippen molar-refractivity contribution < 1.29 is 0 Å². The second-order valence-corrected chi connectivity index (χ2v) is 1.96. The molecule has 0 rings (SSSR count). The molecule has 1 heteroatoms. The number of aliphatic imine (C=N–C) groups is 1. The maximum absolute atomic E-state index is 3.71. The van der Waals surface area contributed by atoms with Crippen molar-refractivity contribution in [3.8, 4) is 0 Å². The second kappa shape index (κ2) is 3.42. The van der Waals surface area contributed by atoms with Crippen molar-refractivity contribution in [3.05, 3.63) is 12.3 Å². The van der Waals surface area contributed by atoms with E-state index in [4.69, 9.17) is 0 Å². The first-order valence-electron chi connectivity index (χ1n) is 2.87. The first kappa shape index (κ1) is 7.41. The fourth-order valence-corrected chi connectivity index (χ4v) is 0.391. The number of allylic oxidation sites excluding steroid dienone is 1. The number of nitrogens with zero attached hydrogens (tertiary/aromatic N) is 1. The zero-order valence-corrected chi connectivity index (χ0v) is 5.65. The fraction of sp³-hybridized carbons (Fsp3) is 0.571. The van der Waals surface area contributed by atoms with Crippen LogP contribution in [0.15, 0.2) is 17.3 Å². The lowest BCUT2D eigenvalue weighted by molar-refractivity contribution is 0.652. The van der Waals surface area contributed by atoms with Crippen LogP contribution in [0.3, 0.4) is 0 Å². The van der Waals surface area contributed by atoms with E-state index in [2.05, 4.69) is 32.1 Å². The van der Waals surface area contributed by atoms with Gasteiger partial charge in [0, 0.05) is 5.70 Å². The Balaban J connectivity index is 3.62. The third kappa shape index (κ3) is 1.92. The molecule has 0 radical (unpaired) electrons. The molecule has 1 atom stereocenters. The first-order chi connectivity index (χ1) is 3.72. The minimum absolute atomic E-state index is 0.493. The van der Waals surface area contributed by atoms with E-state index in [9.17, 15) is 0 Å². The molecule has 0 unspecified atom stereocenters. The van der Waals surface area contributed by atoms with Crippen LogP contribution in [-0.4, -0.2) is 6.72 Å². The van der Waals surface area contributed by atoms with Crippen LogP contribution in [0.2, 0.25) is 0 Å². The summed E-state index contributed by atoms with van der Waals surface area (Å²) in [6.07, 6.45) is 1.10. The van der Waals surface area contributed by atoms with Gasteiger partial charge in [-0.1, -0.05) is 20.4 Å². The summed E-state index contributed by atoms with van der Waals surface area (Å²) in [5.41, 5.74) is 0.896. The molecule has 0 aliphatic carbocycles. The van der Waals surface area contributed by atoms with Gasteiger partial charge < -0.3 is 0 Å². The molecule has 8 heavy (non-hydrogen) atoms. The van der Waals surface area contributed by atoms with E-state index in [0.717, 1.165) is 12.1 Å². The zero-order valence-electron chi connectivity index (χ0n) is 5.65. The molecule has 0 amide bonds. The van der Waals surface area contributed by atoms with Gasteiger partial charge in [0.15, 0.2) is 0 Å². The van der Waals surface area contributed by atoms with Gasteiger partial charge in [-0.15, -0.1) is 0 Å². The van der Waals surface area contributed by atoms with Gasteiger partial charge in [-0.3, -0.25) is 4.99 Å². The summed E-state index contributed by atoms with van der Waals surface area (Å²) in [5, 5.41) is 0. The average Bonchev–Trinajstić information content (AvgIpc) is 1.84. The van der Waals surface area contributed by atoms with Crippen molar-refractivity contribution in [3.63, 3.8) is 0 Å². The average molecular weight is 111 g/mol. The molecule has 0 aromatic heterocycles. The summed E-state index contributed by atoms with van der Waals surface area (Å²) >= 11 is 0. The van der Waals surface area contributed by atoms with Gasteiger partial charge in [-0.25, -0.2) is 0 Å². The van der Waals surface area contributed by atoms with Crippen molar-refractivity contribution in [1.82, 2.24) is 0 Å². The van der Waals surface area contributed by atoms with Gasteiger partial charge in [0.05, 0.1) is 0 Å². The summed E-state index contributed by atoms with van der Waals surface area (Å²) in [6.45, 7) is 11.3.